The van der Waals surface area contributed by atoms with Crippen molar-refractivity contribution in [1.29, 1.82) is 0 Å². The van der Waals surface area contributed by atoms with Gasteiger partial charge in [0.1, 0.15) is 4.88 Å². The zero-order chi connectivity index (χ0) is 14.7. The van der Waals surface area contributed by atoms with Crippen LogP contribution in [-0.2, 0) is 11.3 Å². The van der Waals surface area contributed by atoms with E-state index in [1.165, 1.54) is 16.2 Å². The number of carboxylic acid groups (broad SMARTS) is 1. The Morgan fingerprint density at radius 1 is 1.40 bits per heavy atom. The van der Waals surface area contributed by atoms with Gasteiger partial charge in [-0.05, 0) is 41.2 Å². The summed E-state index contributed by atoms with van der Waals surface area (Å²) >= 11 is 1.20. The first-order valence-electron chi connectivity index (χ1n) is 6.27. The van der Waals surface area contributed by atoms with Gasteiger partial charge >= 0.3 is 5.97 Å². The van der Waals surface area contributed by atoms with Crippen LogP contribution in [0.5, 0.6) is 0 Å². The van der Waals surface area contributed by atoms with Crippen LogP contribution in [0.15, 0.2) is 0 Å². The van der Waals surface area contributed by atoms with E-state index in [4.69, 9.17) is 0 Å². The number of aromatic nitrogens is 6. The summed E-state index contributed by atoms with van der Waals surface area (Å²) in [6, 6.07) is 0. The van der Waals surface area contributed by atoms with E-state index in [-0.39, 0.29) is 6.54 Å². The highest BCUT2D eigenvalue weighted by Gasteiger charge is 2.23. The fourth-order valence-corrected chi connectivity index (χ4v) is 2.60. The third kappa shape index (κ3) is 3.16. The summed E-state index contributed by atoms with van der Waals surface area (Å²) in [4.78, 5) is 12.1. The van der Waals surface area contributed by atoms with Crippen molar-refractivity contribution in [2.24, 2.45) is 11.8 Å². The van der Waals surface area contributed by atoms with E-state index in [9.17, 15) is 9.90 Å². The van der Waals surface area contributed by atoms with Crippen LogP contribution in [0.1, 0.15) is 26.0 Å². The molecule has 0 bridgehead atoms. The van der Waals surface area contributed by atoms with Crippen LogP contribution in [0.4, 0.5) is 0 Å². The second-order valence-corrected chi connectivity index (χ2v) is 5.79. The van der Waals surface area contributed by atoms with E-state index >= 15 is 0 Å². The second-order valence-electron chi connectivity index (χ2n) is 5.04. The minimum Gasteiger partial charge on any atom is -0.481 e. The predicted octanol–water partition coefficient (Wildman–Crippen LogP) is 1.25. The van der Waals surface area contributed by atoms with Crippen molar-refractivity contribution in [3.05, 3.63) is 5.69 Å². The molecule has 1 unspecified atom stereocenters. The largest absolute Gasteiger partial charge is 0.481 e. The molecule has 0 saturated carbocycles. The summed E-state index contributed by atoms with van der Waals surface area (Å²) in [5.74, 6) is -0.534. The summed E-state index contributed by atoms with van der Waals surface area (Å²) in [6.45, 7) is 6.05. The number of rotatable bonds is 6. The molecule has 1 N–H and O–H groups in total. The molecule has 0 aliphatic carbocycles. The number of carbonyl (C=O) groups is 1. The van der Waals surface area contributed by atoms with Crippen molar-refractivity contribution >= 4 is 17.5 Å². The fourth-order valence-electron chi connectivity index (χ4n) is 1.96. The van der Waals surface area contributed by atoms with E-state index in [0.29, 0.717) is 18.2 Å². The number of hydrogen-bond acceptors (Lipinski definition) is 7. The first kappa shape index (κ1) is 14.5. The highest BCUT2D eigenvalue weighted by atomic mass is 32.1. The van der Waals surface area contributed by atoms with Crippen molar-refractivity contribution in [1.82, 2.24) is 29.8 Å². The van der Waals surface area contributed by atoms with Gasteiger partial charge in [0.25, 0.3) is 0 Å². The maximum Gasteiger partial charge on any atom is 0.308 e. The molecule has 8 nitrogen and oxygen atoms in total. The Kier molecular flexibility index (Phi) is 4.38. The second kappa shape index (κ2) is 6.04. The summed E-state index contributed by atoms with van der Waals surface area (Å²) in [5.41, 5.74) is 0.738. The molecule has 2 heterocycles. The number of aryl methyl sites for hydroxylation is 1. The smallest absolute Gasteiger partial charge is 0.308 e. The molecule has 0 fully saturated rings. The Morgan fingerprint density at radius 3 is 2.70 bits per heavy atom. The van der Waals surface area contributed by atoms with E-state index in [2.05, 4.69) is 25.1 Å². The third-order valence-corrected chi connectivity index (χ3v) is 3.71. The SMILES string of the molecule is Cc1nnsc1-c1nnnn1CC(CC(C)C)C(=O)O. The quantitative estimate of drug-likeness (QED) is 0.854. The molecule has 0 radical (unpaired) electrons. The molecule has 20 heavy (non-hydrogen) atoms. The van der Waals surface area contributed by atoms with Crippen LogP contribution in [0.3, 0.4) is 0 Å². The number of hydrogen-bond donors (Lipinski definition) is 1. The molecule has 0 aliphatic heterocycles. The van der Waals surface area contributed by atoms with Crippen molar-refractivity contribution in [3.63, 3.8) is 0 Å². The van der Waals surface area contributed by atoms with Gasteiger partial charge in [-0.2, -0.15) is 0 Å². The van der Waals surface area contributed by atoms with E-state index < -0.39 is 11.9 Å². The van der Waals surface area contributed by atoms with Crippen molar-refractivity contribution < 1.29 is 9.90 Å². The molecule has 0 amide bonds. The maximum atomic E-state index is 11.3. The van der Waals surface area contributed by atoms with Crippen LogP contribution < -0.4 is 0 Å². The summed E-state index contributed by atoms with van der Waals surface area (Å²) in [7, 11) is 0. The summed E-state index contributed by atoms with van der Waals surface area (Å²) in [6.07, 6.45) is 0.578. The van der Waals surface area contributed by atoms with Gasteiger partial charge < -0.3 is 5.11 Å². The molecule has 0 spiro atoms. The van der Waals surface area contributed by atoms with Crippen LogP contribution in [0.25, 0.3) is 10.7 Å². The van der Waals surface area contributed by atoms with E-state index in [1.807, 2.05) is 20.8 Å². The topological polar surface area (TPSA) is 107 Å². The van der Waals surface area contributed by atoms with Gasteiger partial charge in [-0.1, -0.05) is 18.3 Å². The molecule has 0 aromatic carbocycles. The minimum atomic E-state index is -0.834. The van der Waals surface area contributed by atoms with Gasteiger partial charge in [-0.25, -0.2) is 4.68 Å². The molecule has 2 aromatic rings. The van der Waals surface area contributed by atoms with E-state index in [1.54, 1.807) is 0 Å². The summed E-state index contributed by atoms with van der Waals surface area (Å²) in [5, 5.41) is 24.7. The molecule has 0 aliphatic rings. The Hall–Kier alpha value is -1.90. The van der Waals surface area contributed by atoms with Gasteiger partial charge in [-0.15, -0.1) is 10.2 Å². The van der Waals surface area contributed by atoms with Crippen molar-refractivity contribution in [3.8, 4) is 10.7 Å². The zero-order valence-corrected chi connectivity index (χ0v) is 12.3. The van der Waals surface area contributed by atoms with Gasteiger partial charge in [0, 0.05) is 0 Å². The Morgan fingerprint density at radius 2 is 2.15 bits per heavy atom. The summed E-state index contributed by atoms with van der Waals surface area (Å²) < 4.78 is 5.37. The molecule has 1 atom stereocenters. The predicted molar refractivity (Wildman–Crippen MR) is 72.0 cm³/mol. The standard InChI is InChI=1S/C11H16N6O2S/c1-6(2)4-8(11(18)19)5-17-10(13-14-15-17)9-7(3)12-16-20-9/h6,8H,4-5H2,1-3H3,(H,18,19). The number of carboxylic acids is 1. The molecule has 0 saturated heterocycles. The van der Waals surface area contributed by atoms with Crippen molar-refractivity contribution in [2.45, 2.75) is 33.7 Å². The van der Waals surface area contributed by atoms with Crippen molar-refractivity contribution in [2.75, 3.05) is 0 Å². The number of tetrazole rings is 1. The first-order chi connectivity index (χ1) is 9.49. The third-order valence-electron chi connectivity index (χ3n) is 2.89. The average molecular weight is 296 g/mol. The molecular weight excluding hydrogens is 280 g/mol. The number of aliphatic carboxylic acids is 1. The lowest BCUT2D eigenvalue weighted by molar-refractivity contribution is -0.142. The molecule has 2 rings (SSSR count). The minimum absolute atomic E-state index is 0.243. The number of nitrogens with zero attached hydrogens (tertiary/aromatic N) is 6. The zero-order valence-electron chi connectivity index (χ0n) is 11.5. The maximum absolute atomic E-state index is 11.3. The molecule has 2 aromatic heterocycles. The van der Waals surface area contributed by atoms with Gasteiger partial charge in [0.05, 0.1) is 18.2 Å². The lowest BCUT2D eigenvalue weighted by Crippen LogP contribution is -2.23. The molecule has 108 valence electrons. The van der Waals surface area contributed by atoms with Gasteiger partial charge in [0.15, 0.2) is 5.82 Å². The Labute approximate surface area is 120 Å². The highest BCUT2D eigenvalue weighted by Crippen LogP contribution is 2.24. The van der Waals surface area contributed by atoms with Crippen LogP contribution in [-0.4, -0.2) is 40.9 Å². The highest BCUT2D eigenvalue weighted by molar-refractivity contribution is 7.09. The van der Waals surface area contributed by atoms with Gasteiger partial charge in [0.2, 0.25) is 0 Å². The monoisotopic (exact) mass is 296 g/mol. The normalized spacial score (nSPS) is 12.8. The van der Waals surface area contributed by atoms with Gasteiger partial charge in [-0.3, -0.25) is 4.79 Å². The van der Waals surface area contributed by atoms with Crippen LogP contribution in [0.2, 0.25) is 0 Å². The lowest BCUT2D eigenvalue weighted by Gasteiger charge is -2.14. The van der Waals surface area contributed by atoms with E-state index in [0.717, 1.165) is 10.6 Å². The Balaban J connectivity index is 2.24. The molecular formula is C11H16N6O2S. The average Bonchev–Trinajstić information content (AvgIpc) is 2.96. The Bertz CT molecular complexity index is 593. The lowest BCUT2D eigenvalue weighted by atomic mass is 9.97. The van der Waals surface area contributed by atoms with Crippen LogP contribution >= 0.6 is 11.5 Å². The van der Waals surface area contributed by atoms with Crippen LogP contribution in [0, 0.1) is 18.8 Å². The fraction of sp³-hybridized carbons (Fsp3) is 0.636. The first-order valence-corrected chi connectivity index (χ1v) is 7.04. The molecule has 9 heteroatoms.